The highest BCUT2D eigenvalue weighted by Gasteiger charge is 2.72. The summed E-state index contributed by atoms with van der Waals surface area (Å²) in [5, 5.41) is 129. The summed E-state index contributed by atoms with van der Waals surface area (Å²) in [6, 6.07) is 0. The van der Waals surface area contributed by atoms with Crippen molar-refractivity contribution in [1.82, 2.24) is 0 Å². The van der Waals surface area contributed by atoms with Gasteiger partial charge in [0, 0.05) is 0 Å². The van der Waals surface area contributed by atoms with Gasteiger partial charge in [-0.25, -0.2) is 0 Å². The van der Waals surface area contributed by atoms with Crippen molar-refractivity contribution < 1.29 is 89.7 Å². The summed E-state index contributed by atoms with van der Waals surface area (Å²) in [5.41, 5.74) is -1.12. The molecule has 0 aromatic carbocycles. The minimum atomic E-state index is -1.79. The van der Waals surface area contributed by atoms with Gasteiger partial charge in [0.2, 0.25) is 0 Å². The molecule has 7 fully saturated rings. The van der Waals surface area contributed by atoms with Crippen molar-refractivity contribution in [2.24, 2.45) is 45.3 Å². The summed E-state index contributed by atoms with van der Waals surface area (Å²) in [4.78, 5) is 0. The highest BCUT2D eigenvalue weighted by molar-refractivity contribution is 5.20. The van der Waals surface area contributed by atoms with Gasteiger partial charge in [0.25, 0.3) is 0 Å². The van der Waals surface area contributed by atoms with Crippen LogP contribution in [0.1, 0.15) is 113 Å². The molecule has 7 aliphatic rings. The minimum absolute atomic E-state index is 0.0905. The maximum absolute atomic E-state index is 12.7. The van der Waals surface area contributed by atoms with Gasteiger partial charge >= 0.3 is 0 Å². The van der Waals surface area contributed by atoms with Gasteiger partial charge in [-0.3, -0.25) is 0 Å². The van der Waals surface area contributed by atoms with E-state index >= 15 is 0 Å². The maximum atomic E-state index is 12.7. The fraction of sp³-hybridized carbons (Fsp3) is 0.958. The predicted molar refractivity (Wildman–Crippen MR) is 234 cm³/mol. The van der Waals surface area contributed by atoms with Crippen LogP contribution in [0, 0.1) is 45.3 Å². The van der Waals surface area contributed by atoms with E-state index in [-0.39, 0.29) is 39.9 Å². The molecule has 4 aliphatic carbocycles. The molecule has 3 aliphatic heterocycles. The molecule has 382 valence electrons. The Morgan fingerprint density at radius 2 is 1.14 bits per heavy atom. The minimum Gasteiger partial charge on any atom is -0.394 e. The largest absolute Gasteiger partial charge is 0.394 e. The Labute approximate surface area is 388 Å². The Bertz CT molecular complexity index is 1680. The van der Waals surface area contributed by atoms with Crippen LogP contribution < -0.4 is 0 Å². The average Bonchev–Trinajstić information content (AvgIpc) is 3.65. The highest BCUT2D eigenvalue weighted by Crippen LogP contribution is 2.76. The van der Waals surface area contributed by atoms with Gasteiger partial charge < -0.3 is 89.7 Å². The van der Waals surface area contributed by atoms with Crippen molar-refractivity contribution in [3.05, 3.63) is 11.6 Å². The number of hydrogen-bond donors (Lipinski definition) is 12. The predicted octanol–water partition coefficient (Wildman–Crippen LogP) is -0.0268. The third kappa shape index (κ3) is 8.79. The number of allylic oxidation sites excluding steroid dienone is 2. The molecule has 18 nitrogen and oxygen atoms in total. The first kappa shape index (κ1) is 52.8. The van der Waals surface area contributed by atoms with Crippen molar-refractivity contribution in [2.45, 2.75) is 223 Å². The third-order valence-corrected chi connectivity index (χ3v) is 18.8. The molecule has 3 heterocycles. The van der Waals surface area contributed by atoms with Crippen LogP contribution in [-0.4, -0.2) is 191 Å². The van der Waals surface area contributed by atoms with Crippen LogP contribution in [-0.2, 0) is 28.4 Å². The zero-order valence-electron chi connectivity index (χ0n) is 40.0. The first-order valence-corrected chi connectivity index (χ1v) is 24.4. The molecular formula is C48H82O18. The second kappa shape index (κ2) is 19.6. The van der Waals surface area contributed by atoms with Crippen molar-refractivity contribution in [3.8, 4) is 0 Å². The molecule has 3 saturated heterocycles. The van der Waals surface area contributed by atoms with E-state index in [9.17, 15) is 61.3 Å². The van der Waals surface area contributed by atoms with Crippen molar-refractivity contribution >= 4 is 0 Å². The number of rotatable bonds is 13. The van der Waals surface area contributed by atoms with Crippen molar-refractivity contribution in [2.75, 3.05) is 19.8 Å². The highest BCUT2D eigenvalue weighted by atomic mass is 16.8. The molecular weight excluding hydrogens is 865 g/mol. The van der Waals surface area contributed by atoms with Crippen molar-refractivity contribution in [1.29, 1.82) is 0 Å². The SMILES string of the molecule is CC(C)=CCC[C@](C)(O[C@@H]1O[C@H](CO)[C@@H](O)[C@H](O)[C@H]1O)[C@H]1CC[C@@]2(C)[C@H]1[C@@H](O)CC1[C@@]3(C)CCC(O[C@@H]4O[C@H](CO)[C@@H](O)[C@H](O)[C@H]4O[C@@H]4O[C@H](CO)[C@@H](O)[C@H](O)[C@H]4O)C(C)(C)C3CC[C@]12C. The summed E-state index contributed by atoms with van der Waals surface area (Å²) in [6.45, 7) is 15.5. The Hall–Kier alpha value is -0.980. The maximum Gasteiger partial charge on any atom is 0.187 e. The fourth-order valence-electron chi connectivity index (χ4n) is 14.9. The Morgan fingerprint density at radius 1 is 0.606 bits per heavy atom. The van der Waals surface area contributed by atoms with Gasteiger partial charge in [0.05, 0.1) is 37.6 Å². The van der Waals surface area contributed by atoms with E-state index in [0.717, 1.165) is 37.7 Å². The molecule has 18 heteroatoms. The van der Waals surface area contributed by atoms with Gasteiger partial charge in [-0.05, 0) is 124 Å². The molecule has 0 aromatic rings. The lowest BCUT2D eigenvalue weighted by Crippen LogP contribution is -2.68. The van der Waals surface area contributed by atoms with E-state index in [4.69, 9.17) is 28.4 Å². The summed E-state index contributed by atoms with van der Waals surface area (Å²) in [6.07, 6.45) is -15.4. The van der Waals surface area contributed by atoms with Gasteiger partial charge in [0.15, 0.2) is 18.9 Å². The fourth-order valence-corrected chi connectivity index (χ4v) is 14.9. The number of ether oxygens (including phenoxy) is 6. The molecule has 0 aromatic heterocycles. The Morgan fingerprint density at radius 3 is 1.71 bits per heavy atom. The van der Waals surface area contributed by atoms with Crippen molar-refractivity contribution in [3.63, 3.8) is 0 Å². The zero-order chi connectivity index (χ0) is 48.6. The lowest BCUT2D eigenvalue weighted by Gasteiger charge is -2.71. The molecule has 0 amide bonds. The van der Waals surface area contributed by atoms with E-state index in [1.807, 2.05) is 20.8 Å². The van der Waals surface area contributed by atoms with E-state index in [1.165, 1.54) is 0 Å². The normalized spacial score (nSPS) is 52.4. The second-order valence-electron chi connectivity index (χ2n) is 22.9. The Kier molecular flexibility index (Phi) is 15.7. The summed E-state index contributed by atoms with van der Waals surface area (Å²) >= 11 is 0. The van der Waals surface area contributed by atoms with Gasteiger partial charge in [0.1, 0.15) is 73.2 Å². The standard InChI is InChI=1S/C48H82O18/c1-22(2)10-9-14-48(8,66-42-39(60)36(57)33(54)26(20-50)62-42)23-11-16-47(7)31(23)24(52)18-29-45(5)15-13-30(44(3,4)28(45)12-17-46(29,47)6)64-43-40(37(58)34(55)27(21-51)63-43)65-41-38(59)35(56)32(53)25(19-49)61-41/h10,23-43,49-60H,9,11-21H2,1-8H3/t23-,24-,25+,26+,27+,28?,29?,30?,31+,32+,33+,34+,35-,36-,37-,38+,39+,40+,41-,42-,43-,45-,46+,47-,48-/m0/s1. The van der Waals surface area contributed by atoms with Crippen LogP contribution in [0.3, 0.4) is 0 Å². The molecule has 4 saturated carbocycles. The summed E-state index contributed by atoms with van der Waals surface area (Å²) in [5.74, 6) is -0.151. The third-order valence-electron chi connectivity index (χ3n) is 18.8. The molecule has 66 heavy (non-hydrogen) atoms. The van der Waals surface area contributed by atoms with Crippen LogP contribution in [0.4, 0.5) is 0 Å². The first-order valence-electron chi connectivity index (χ1n) is 24.4. The lowest BCUT2D eigenvalue weighted by molar-refractivity contribution is -0.378. The molecule has 7 rings (SSSR count). The van der Waals surface area contributed by atoms with Crippen LogP contribution in [0.2, 0.25) is 0 Å². The molecule has 12 N–H and O–H groups in total. The van der Waals surface area contributed by atoms with Crippen LogP contribution >= 0.6 is 0 Å². The smallest absolute Gasteiger partial charge is 0.187 e. The number of aliphatic hydroxyl groups excluding tert-OH is 12. The zero-order valence-corrected chi connectivity index (χ0v) is 40.0. The van der Waals surface area contributed by atoms with E-state index < -0.39 is 135 Å². The molecule has 0 bridgehead atoms. The molecule has 25 atom stereocenters. The quantitative estimate of drug-likeness (QED) is 0.0853. The van der Waals surface area contributed by atoms with Crippen LogP contribution in [0.5, 0.6) is 0 Å². The first-order chi connectivity index (χ1) is 30.8. The average molecular weight is 947 g/mol. The van der Waals surface area contributed by atoms with Gasteiger partial charge in [-0.15, -0.1) is 0 Å². The van der Waals surface area contributed by atoms with Crippen LogP contribution in [0.15, 0.2) is 11.6 Å². The number of fused-ring (bicyclic) bond motifs is 5. The number of hydrogen-bond acceptors (Lipinski definition) is 18. The molecule has 3 unspecified atom stereocenters. The number of aliphatic hydroxyl groups is 12. The van der Waals surface area contributed by atoms with E-state index in [2.05, 4.69) is 40.7 Å². The Balaban J connectivity index is 1.13. The molecule has 0 spiro atoms. The summed E-state index contributed by atoms with van der Waals surface area (Å²) < 4.78 is 37.2. The monoisotopic (exact) mass is 947 g/mol. The molecule has 0 radical (unpaired) electrons. The van der Waals surface area contributed by atoms with E-state index in [0.29, 0.717) is 25.7 Å². The summed E-state index contributed by atoms with van der Waals surface area (Å²) in [7, 11) is 0. The topological polar surface area (TPSA) is 298 Å². The lowest BCUT2D eigenvalue weighted by atomic mass is 9.35. The van der Waals surface area contributed by atoms with E-state index in [1.54, 1.807) is 0 Å². The van der Waals surface area contributed by atoms with Gasteiger partial charge in [-0.2, -0.15) is 0 Å². The van der Waals surface area contributed by atoms with Crippen LogP contribution in [0.25, 0.3) is 0 Å². The second-order valence-corrected chi connectivity index (χ2v) is 22.9. The van der Waals surface area contributed by atoms with Gasteiger partial charge in [-0.1, -0.05) is 46.3 Å².